The molecule has 0 fully saturated rings. The Morgan fingerprint density at radius 2 is 2.14 bits per heavy atom. The number of benzene rings is 1. The Morgan fingerprint density at radius 3 is 2.90 bits per heavy atom. The van der Waals surface area contributed by atoms with Crippen molar-refractivity contribution in [1.29, 1.82) is 0 Å². The molecule has 1 amide bonds. The third-order valence-corrected chi connectivity index (χ3v) is 5.33. The molecule has 114 valence electrons. The fourth-order valence-corrected chi connectivity index (χ4v) is 3.92. The smallest absolute Gasteiger partial charge is 0.232 e. The highest BCUT2D eigenvalue weighted by Crippen LogP contribution is 2.29. The second-order valence-corrected chi connectivity index (χ2v) is 7.09. The van der Waals surface area contributed by atoms with E-state index in [4.69, 9.17) is 5.11 Å². The van der Waals surface area contributed by atoms with E-state index >= 15 is 0 Å². The van der Waals surface area contributed by atoms with Crippen molar-refractivity contribution in [3.63, 3.8) is 0 Å². The summed E-state index contributed by atoms with van der Waals surface area (Å²) in [6.45, 7) is 0.977. The third-order valence-electron chi connectivity index (χ3n) is 3.17. The first-order valence-electron chi connectivity index (χ1n) is 7.04. The molecule has 2 rings (SSSR count). The van der Waals surface area contributed by atoms with Crippen molar-refractivity contribution in [2.24, 2.45) is 0 Å². The van der Waals surface area contributed by atoms with Crippen molar-refractivity contribution in [2.75, 3.05) is 26.0 Å². The number of rotatable bonds is 8. The fraction of sp³-hybridized carbons (Fsp3) is 0.467. The minimum Gasteiger partial charge on any atom is -0.396 e. The normalized spacial score (nSPS) is 11.0. The summed E-state index contributed by atoms with van der Waals surface area (Å²) in [5.41, 5.74) is 0.995. The van der Waals surface area contributed by atoms with Crippen LogP contribution in [0, 0.1) is 0 Å². The first kappa shape index (κ1) is 16.3. The minimum atomic E-state index is 0.128. The van der Waals surface area contributed by atoms with Crippen LogP contribution in [0.4, 0.5) is 0 Å². The van der Waals surface area contributed by atoms with E-state index in [-0.39, 0.29) is 12.5 Å². The number of aliphatic hydroxyl groups is 1. The minimum absolute atomic E-state index is 0.128. The molecule has 1 aromatic carbocycles. The molecular weight excluding hydrogens is 304 g/mol. The zero-order valence-electron chi connectivity index (χ0n) is 12.1. The average Bonchev–Trinajstić information content (AvgIpc) is 2.91. The standard InChI is InChI=1S/C15H20N2O2S2/c1-17(9-5-2-6-10-18)14(19)11-20-15-16-12-7-3-4-8-13(12)21-15/h3-4,7-8,18H,2,5-6,9-11H2,1H3. The SMILES string of the molecule is CN(CCCCCO)C(=O)CSc1nc2ccccc2s1. The lowest BCUT2D eigenvalue weighted by Crippen LogP contribution is -2.29. The predicted octanol–water partition coefficient (Wildman–Crippen LogP) is 3.01. The molecule has 0 saturated heterocycles. The predicted molar refractivity (Wildman–Crippen MR) is 88.9 cm³/mol. The number of nitrogens with zero attached hydrogens (tertiary/aromatic N) is 2. The number of hydrogen-bond acceptors (Lipinski definition) is 5. The quantitative estimate of drug-likeness (QED) is 0.599. The lowest BCUT2D eigenvalue weighted by molar-refractivity contribution is -0.127. The van der Waals surface area contributed by atoms with Crippen molar-refractivity contribution in [3.8, 4) is 0 Å². The summed E-state index contributed by atoms with van der Waals surface area (Å²) in [6.07, 6.45) is 2.70. The number of amides is 1. The molecule has 1 aromatic heterocycles. The molecule has 1 heterocycles. The molecular formula is C15H20N2O2S2. The Balaban J connectivity index is 1.77. The van der Waals surface area contributed by atoms with Crippen LogP contribution in [-0.4, -0.2) is 46.8 Å². The van der Waals surface area contributed by atoms with E-state index in [1.54, 1.807) is 16.2 Å². The highest BCUT2D eigenvalue weighted by atomic mass is 32.2. The first-order valence-corrected chi connectivity index (χ1v) is 8.84. The number of aliphatic hydroxyl groups excluding tert-OH is 1. The number of fused-ring (bicyclic) bond motifs is 1. The Labute approximate surface area is 133 Å². The topological polar surface area (TPSA) is 53.4 Å². The molecule has 0 saturated carbocycles. The van der Waals surface area contributed by atoms with Crippen molar-refractivity contribution >= 4 is 39.2 Å². The van der Waals surface area contributed by atoms with Crippen molar-refractivity contribution in [3.05, 3.63) is 24.3 Å². The molecule has 6 heteroatoms. The Morgan fingerprint density at radius 1 is 1.33 bits per heavy atom. The summed E-state index contributed by atoms with van der Waals surface area (Å²) in [7, 11) is 1.83. The molecule has 1 N–H and O–H groups in total. The summed E-state index contributed by atoms with van der Waals surface area (Å²) < 4.78 is 2.10. The maximum Gasteiger partial charge on any atom is 0.232 e. The van der Waals surface area contributed by atoms with E-state index in [0.29, 0.717) is 5.75 Å². The zero-order valence-corrected chi connectivity index (χ0v) is 13.8. The van der Waals surface area contributed by atoms with E-state index in [0.717, 1.165) is 40.4 Å². The van der Waals surface area contributed by atoms with Gasteiger partial charge in [-0.3, -0.25) is 4.79 Å². The summed E-state index contributed by atoms with van der Waals surface area (Å²) in [5, 5.41) is 8.72. The van der Waals surface area contributed by atoms with E-state index in [2.05, 4.69) is 4.98 Å². The van der Waals surface area contributed by atoms with Crippen molar-refractivity contribution < 1.29 is 9.90 Å². The molecule has 0 spiro atoms. The molecule has 2 aromatic rings. The van der Waals surface area contributed by atoms with Gasteiger partial charge in [-0.1, -0.05) is 23.9 Å². The molecule has 0 radical (unpaired) electrons. The van der Waals surface area contributed by atoms with Gasteiger partial charge in [0.25, 0.3) is 0 Å². The number of hydrogen-bond donors (Lipinski definition) is 1. The number of thiazole rings is 1. The van der Waals surface area contributed by atoms with E-state index < -0.39 is 0 Å². The maximum absolute atomic E-state index is 12.0. The van der Waals surface area contributed by atoms with Crippen LogP contribution in [0.25, 0.3) is 10.2 Å². The van der Waals surface area contributed by atoms with Gasteiger partial charge in [0.15, 0.2) is 4.34 Å². The summed E-state index contributed by atoms with van der Waals surface area (Å²) in [4.78, 5) is 18.3. The van der Waals surface area contributed by atoms with Crippen molar-refractivity contribution in [1.82, 2.24) is 9.88 Å². The summed E-state index contributed by atoms with van der Waals surface area (Å²) in [5.74, 6) is 0.555. The van der Waals surface area contributed by atoms with Crippen LogP contribution in [0.2, 0.25) is 0 Å². The van der Waals surface area contributed by atoms with Gasteiger partial charge in [0, 0.05) is 20.2 Å². The van der Waals surface area contributed by atoms with Gasteiger partial charge >= 0.3 is 0 Å². The van der Waals surface area contributed by atoms with Crippen LogP contribution in [0.5, 0.6) is 0 Å². The second kappa shape index (κ2) is 8.36. The van der Waals surface area contributed by atoms with Gasteiger partial charge in [0.2, 0.25) is 5.91 Å². The third kappa shape index (κ3) is 4.98. The van der Waals surface area contributed by atoms with Gasteiger partial charge in [0.1, 0.15) is 0 Å². The monoisotopic (exact) mass is 324 g/mol. The van der Waals surface area contributed by atoms with Crippen molar-refractivity contribution in [2.45, 2.75) is 23.6 Å². The summed E-state index contributed by atoms with van der Waals surface area (Å²) >= 11 is 3.13. The lowest BCUT2D eigenvalue weighted by Gasteiger charge is -2.16. The average molecular weight is 324 g/mol. The van der Waals surface area contributed by atoms with Crippen LogP contribution in [0.1, 0.15) is 19.3 Å². The Kier molecular flexibility index (Phi) is 6.48. The van der Waals surface area contributed by atoms with Gasteiger partial charge in [-0.15, -0.1) is 11.3 Å². The molecule has 0 bridgehead atoms. The van der Waals surface area contributed by atoms with Crippen LogP contribution >= 0.6 is 23.1 Å². The Hall–Kier alpha value is -1.11. The number of aromatic nitrogens is 1. The van der Waals surface area contributed by atoms with Crippen LogP contribution < -0.4 is 0 Å². The molecule has 0 aliphatic rings. The van der Waals surface area contributed by atoms with E-state index in [1.807, 2.05) is 31.3 Å². The number of thioether (sulfide) groups is 1. The number of unbranched alkanes of at least 4 members (excludes halogenated alkanes) is 2. The largest absolute Gasteiger partial charge is 0.396 e. The highest BCUT2D eigenvalue weighted by molar-refractivity contribution is 8.01. The molecule has 4 nitrogen and oxygen atoms in total. The van der Waals surface area contributed by atoms with Crippen LogP contribution in [-0.2, 0) is 4.79 Å². The van der Waals surface area contributed by atoms with Gasteiger partial charge in [-0.2, -0.15) is 0 Å². The lowest BCUT2D eigenvalue weighted by atomic mass is 10.2. The van der Waals surface area contributed by atoms with Gasteiger partial charge in [-0.05, 0) is 31.4 Å². The van der Waals surface area contributed by atoms with E-state index in [1.165, 1.54) is 11.8 Å². The van der Waals surface area contributed by atoms with E-state index in [9.17, 15) is 4.79 Å². The Bertz CT molecular complexity index is 553. The number of para-hydroxylation sites is 1. The zero-order chi connectivity index (χ0) is 15.1. The number of carbonyl (C=O) groups is 1. The highest BCUT2D eigenvalue weighted by Gasteiger charge is 2.11. The fourth-order valence-electron chi connectivity index (χ4n) is 1.91. The summed E-state index contributed by atoms with van der Waals surface area (Å²) in [6, 6.07) is 8.01. The second-order valence-electron chi connectivity index (χ2n) is 4.84. The molecule has 0 aliphatic heterocycles. The van der Waals surface area contributed by atoms with Gasteiger partial charge in [0.05, 0.1) is 16.0 Å². The molecule has 0 atom stereocenters. The first-order chi connectivity index (χ1) is 10.2. The van der Waals surface area contributed by atoms with Crippen LogP contribution in [0.15, 0.2) is 28.6 Å². The molecule has 0 unspecified atom stereocenters. The maximum atomic E-state index is 12.0. The molecule has 21 heavy (non-hydrogen) atoms. The van der Waals surface area contributed by atoms with Gasteiger partial charge < -0.3 is 10.0 Å². The van der Waals surface area contributed by atoms with Gasteiger partial charge in [-0.25, -0.2) is 4.98 Å². The molecule has 0 aliphatic carbocycles. The number of carbonyl (C=O) groups excluding carboxylic acids is 1. The van der Waals surface area contributed by atoms with Crippen LogP contribution in [0.3, 0.4) is 0 Å².